The summed E-state index contributed by atoms with van der Waals surface area (Å²) in [6.45, 7) is 2.04. The zero-order valence-electron chi connectivity index (χ0n) is 18.6. The summed E-state index contributed by atoms with van der Waals surface area (Å²) in [4.78, 5) is 16.1. The van der Waals surface area contributed by atoms with Gasteiger partial charge in [0.25, 0.3) is 5.91 Å². The van der Waals surface area contributed by atoms with Gasteiger partial charge in [-0.25, -0.2) is 0 Å². The molecule has 170 valence electrons. The smallest absolute Gasteiger partial charge is 0.259 e. The maximum atomic E-state index is 14.3. The van der Waals surface area contributed by atoms with Crippen LogP contribution in [0.5, 0.6) is 11.5 Å². The van der Waals surface area contributed by atoms with Crippen LogP contribution in [0.3, 0.4) is 0 Å². The first-order valence-electron chi connectivity index (χ1n) is 11.3. The van der Waals surface area contributed by atoms with Crippen molar-refractivity contribution in [2.75, 3.05) is 4.90 Å². The number of carbonyl (C=O) groups excluding carboxylic acids is 1. The van der Waals surface area contributed by atoms with Gasteiger partial charge in [-0.2, -0.15) is 0 Å². The Morgan fingerprint density at radius 2 is 1.94 bits per heavy atom. The number of benzene rings is 2. The second-order valence-corrected chi connectivity index (χ2v) is 10.5. The first-order chi connectivity index (χ1) is 16.3. The Balaban J connectivity index is 1.76. The second-order valence-electron chi connectivity index (χ2n) is 9.28. The van der Waals surface area contributed by atoms with Crippen LogP contribution in [0.1, 0.15) is 18.9 Å². The topological polar surface area (TPSA) is 70.0 Å². The van der Waals surface area contributed by atoms with E-state index in [4.69, 9.17) is 4.74 Å². The number of rotatable bonds is 1. The molecule has 2 aliphatic heterocycles. The van der Waals surface area contributed by atoms with Crippen molar-refractivity contribution in [3.63, 3.8) is 0 Å². The van der Waals surface area contributed by atoms with Crippen LogP contribution in [0.2, 0.25) is 0 Å². The summed E-state index contributed by atoms with van der Waals surface area (Å²) in [5, 5.41) is 20.3. The van der Waals surface area contributed by atoms with E-state index in [0.717, 1.165) is 22.4 Å². The number of hydrogen-bond acceptors (Lipinski definition) is 4. The minimum Gasteiger partial charge on any atom is -0.508 e. The average Bonchev–Trinajstić information content (AvgIpc) is 2.91. The van der Waals surface area contributed by atoms with E-state index in [-0.39, 0.29) is 11.7 Å². The quantitative estimate of drug-likeness (QED) is 0.597. The summed E-state index contributed by atoms with van der Waals surface area (Å²) in [6, 6.07) is 14.6. The number of aliphatic hydroxyl groups is 1. The normalized spacial score (nSPS) is 29.2. The van der Waals surface area contributed by atoms with Gasteiger partial charge in [-0.05, 0) is 49.3 Å². The Hall–Kier alpha value is -3.40. The fourth-order valence-electron chi connectivity index (χ4n) is 5.43. The summed E-state index contributed by atoms with van der Waals surface area (Å²) in [7, 11) is 2.81. The number of anilines is 1. The Kier molecular flexibility index (Phi) is 4.54. The standard InChI is InChI=1S/C28H24NO4P/c1-27(34)13-5-8-21-20(16-27)26(32)29(17-6-3-2-4-7-17)28(21)22-11-9-18(30)14-24(22)33-25-15-19(31)10-12-23(25)28/h2-9,11-16,19,30-31H,10,34H2,1H3. The van der Waals surface area contributed by atoms with Gasteiger partial charge in [-0.15, -0.1) is 9.24 Å². The molecule has 5 nitrogen and oxygen atoms in total. The molecule has 0 bridgehead atoms. The molecule has 0 aromatic heterocycles. The van der Waals surface area contributed by atoms with Gasteiger partial charge in [0.1, 0.15) is 22.8 Å². The number of amides is 1. The number of carbonyl (C=O) groups is 1. The second kappa shape index (κ2) is 7.30. The maximum absolute atomic E-state index is 14.3. The summed E-state index contributed by atoms with van der Waals surface area (Å²) in [5.41, 5.74) is 2.77. The van der Waals surface area contributed by atoms with Gasteiger partial charge in [-0.3, -0.25) is 9.69 Å². The van der Waals surface area contributed by atoms with E-state index < -0.39 is 16.8 Å². The minimum atomic E-state index is -1.02. The number of ether oxygens (including phenoxy) is 1. The van der Waals surface area contributed by atoms with Crippen LogP contribution in [0.25, 0.3) is 0 Å². The third kappa shape index (κ3) is 2.91. The molecule has 1 spiro atoms. The lowest BCUT2D eigenvalue weighted by atomic mass is 9.71. The Bertz CT molecular complexity index is 1380. The highest BCUT2D eigenvalue weighted by Gasteiger charge is 2.60. The molecule has 2 aromatic carbocycles. The monoisotopic (exact) mass is 469 g/mol. The molecular weight excluding hydrogens is 445 g/mol. The van der Waals surface area contributed by atoms with E-state index in [0.29, 0.717) is 23.5 Å². The highest BCUT2D eigenvalue weighted by atomic mass is 31.0. The number of fused-ring (bicyclic) bond motifs is 6. The van der Waals surface area contributed by atoms with Crippen molar-refractivity contribution < 1.29 is 19.7 Å². The number of phenolic OH excluding ortho intramolecular Hbond substituents is 1. The van der Waals surface area contributed by atoms with Gasteiger partial charge < -0.3 is 14.9 Å². The predicted octanol–water partition coefficient (Wildman–Crippen LogP) is 4.66. The molecule has 4 unspecified atom stereocenters. The molecule has 2 N–H and O–H groups in total. The van der Waals surface area contributed by atoms with Gasteiger partial charge in [0.2, 0.25) is 0 Å². The van der Waals surface area contributed by atoms with Gasteiger partial charge in [0.05, 0.1) is 6.10 Å². The number of para-hydroxylation sites is 1. The highest BCUT2D eigenvalue weighted by molar-refractivity contribution is 7.19. The number of allylic oxidation sites excluding steroid dienone is 4. The van der Waals surface area contributed by atoms with Crippen molar-refractivity contribution in [3.8, 4) is 11.5 Å². The SMILES string of the molecule is CC1(P)C=CC=C2C(=C1)C(=O)N(c1ccccc1)C21C2=CCC(O)C=C2Oc2cc(O)ccc21. The van der Waals surface area contributed by atoms with E-state index in [1.54, 1.807) is 18.2 Å². The number of aromatic hydroxyl groups is 1. The zero-order valence-corrected chi connectivity index (χ0v) is 19.8. The molecule has 0 radical (unpaired) electrons. The summed E-state index contributed by atoms with van der Waals surface area (Å²) >= 11 is 0. The van der Waals surface area contributed by atoms with Crippen LogP contribution in [0.4, 0.5) is 5.69 Å². The number of nitrogens with zero attached hydrogens (tertiary/aromatic N) is 1. The van der Waals surface area contributed by atoms with Crippen LogP contribution in [0, 0.1) is 0 Å². The van der Waals surface area contributed by atoms with Gasteiger partial charge >= 0.3 is 0 Å². The largest absolute Gasteiger partial charge is 0.508 e. The van der Waals surface area contributed by atoms with Gasteiger partial charge in [0.15, 0.2) is 0 Å². The fraction of sp³-hybridized carbons (Fsp3) is 0.179. The van der Waals surface area contributed by atoms with Crippen molar-refractivity contribution in [1.29, 1.82) is 0 Å². The molecule has 4 aliphatic rings. The van der Waals surface area contributed by atoms with Crippen LogP contribution in [-0.2, 0) is 10.3 Å². The molecule has 1 saturated heterocycles. The molecule has 2 aromatic rings. The summed E-state index contributed by atoms with van der Waals surface area (Å²) in [5.74, 6) is 0.906. The average molecular weight is 469 g/mol. The Labute approximate surface area is 200 Å². The molecular formula is C28H24NO4P. The van der Waals surface area contributed by atoms with Gasteiger partial charge in [0, 0.05) is 33.6 Å². The van der Waals surface area contributed by atoms with Crippen LogP contribution < -0.4 is 9.64 Å². The van der Waals surface area contributed by atoms with Crippen LogP contribution >= 0.6 is 9.24 Å². The van der Waals surface area contributed by atoms with E-state index in [1.165, 1.54) is 0 Å². The Morgan fingerprint density at radius 1 is 1.15 bits per heavy atom. The number of aliphatic hydroxyl groups excluding tert-OH is 1. The molecule has 4 atom stereocenters. The molecule has 6 heteroatoms. The highest BCUT2D eigenvalue weighted by Crippen LogP contribution is 2.60. The van der Waals surface area contributed by atoms with Crippen molar-refractivity contribution in [2.45, 2.75) is 30.1 Å². The van der Waals surface area contributed by atoms with Crippen LogP contribution in [0.15, 0.2) is 107 Å². The van der Waals surface area contributed by atoms with E-state index in [2.05, 4.69) is 15.3 Å². The lowest BCUT2D eigenvalue weighted by Crippen LogP contribution is -2.49. The number of phenols is 1. The summed E-state index contributed by atoms with van der Waals surface area (Å²) in [6.07, 6.45) is 11.4. The maximum Gasteiger partial charge on any atom is 0.259 e. The third-order valence-electron chi connectivity index (χ3n) is 6.77. The zero-order chi connectivity index (χ0) is 23.7. The lowest BCUT2D eigenvalue weighted by molar-refractivity contribution is -0.114. The molecule has 6 rings (SSSR count). The van der Waals surface area contributed by atoms with Crippen molar-refractivity contribution >= 4 is 20.8 Å². The van der Waals surface area contributed by atoms with Crippen molar-refractivity contribution in [1.82, 2.24) is 0 Å². The van der Waals surface area contributed by atoms with Crippen LogP contribution in [-0.4, -0.2) is 27.4 Å². The number of hydrogen-bond donors (Lipinski definition) is 2. The molecule has 34 heavy (non-hydrogen) atoms. The molecule has 0 saturated carbocycles. The molecule has 2 aliphatic carbocycles. The molecule has 1 fully saturated rings. The Morgan fingerprint density at radius 3 is 2.74 bits per heavy atom. The van der Waals surface area contributed by atoms with Crippen molar-refractivity contribution in [2.24, 2.45) is 0 Å². The minimum absolute atomic E-state index is 0.0666. The lowest BCUT2D eigenvalue weighted by Gasteiger charge is -2.46. The molecule has 1 amide bonds. The first-order valence-corrected chi connectivity index (χ1v) is 11.8. The summed E-state index contributed by atoms with van der Waals surface area (Å²) < 4.78 is 6.21. The third-order valence-corrected chi connectivity index (χ3v) is 7.13. The fourth-order valence-corrected chi connectivity index (χ4v) is 5.71. The molecule has 2 heterocycles. The van der Waals surface area contributed by atoms with E-state index in [9.17, 15) is 15.0 Å². The van der Waals surface area contributed by atoms with Gasteiger partial charge in [-0.1, -0.05) is 48.6 Å². The van der Waals surface area contributed by atoms with Crippen molar-refractivity contribution in [3.05, 3.63) is 113 Å². The van der Waals surface area contributed by atoms with E-state index in [1.807, 2.05) is 72.5 Å². The first kappa shape index (κ1) is 21.2. The predicted molar refractivity (Wildman–Crippen MR) is 135 cm³/mol. The van der Waals surface area contributed by atoms with E-state index >= 15 is 0 Å².